The van der Waals surface area contributed by atoms with Gasteiger partial charge in [0.05, 0.1) is 17.7 Å². The second kappa shape index (κ2) is 6.56. The first kappa shape index (κ1) is 14.7. The number of nitrogens with zero attached hydrogens (tertiary/aromatic N) is 2. The van der Waals surface area contributed by atoms with Gasteiger partial charge in [0.25, 0.3) is 0 Å². The predicted octanol–water partition coefficient (Wildman–Crippen LogP) is 2.50. The van der Waals surface area contributed by atoms with Crippen molar-refractivity contribution in [3.05, 3.63) is 35.4 Å². The molecular formula is C15H17N3O. The van der Waals surface area contributed by atoms with Gasteiger partial charge in [-0.05, 0) is 30.5 Å². The van der Waals surface area contributed by atoms with Crippen LogP contribution in [-0.2, 0) is 11.3 Å². The van der Waals surface area contributed by atoms with Gasteiger partial charge in [0.15, 0.2) is 0 Å². The number of nitriles is 2. The third kappa shape index (κ3) is 3.33. The van der Waals surface area contributed by atoms with Crippen LogP contribution < -0.4 is 5.32 Å². The maximum absolute atomic E-state index is 12.1. The first-order chi connectivity index (χ1) is 9.11. The molecule has 0 saturated carbocycles. The van der Waals surface area contributed by atoms with Crippen molar-refractivity contribution < 1.29 is 4.79 Å². The minimum atomic E-state index is -0.938. The summed E-state index contributed by atoms with van der Waals surface area (Å²) in [4.78, 5) is 12.1. The van der Waals surface area contributed by atoms with Crippen LogP contribution in [0.25, 0.3) is 0 Å². The minimum absolute atomic E-state index is 0.232. The Morgan fingerprint density at radius 2 is 1.79 bits per heavy atom. The molecule has 4 heteroatoms. The summed E-state index contributed by atoms with van der Waals surface area (Å²) in [5, 5.41) is 20.6. The van der Waals surface area contributed by atoms with E-state index in [4.69, 9.17) is 10.5 Å². The lowest BCUT2D eigenvalue weighted by molar-refractivity contribution is -0.128. The molecule has 1 rings (SSSR count). The zero-order valence-electron chi connectivity index (χ0n) is 11.2. The van der Waals surface area contributed by atoms with Gasteiger partial charge in [0.1, 0.15) is 5.41 Å². The highest BCUT2D eigenvalue weighted by atomic mass is 16.2. The molecule has 0 aromatic heterocycles. The summed E-state index contributed by atoms with van der Waals surface area (Å²) in [6.07, 6.45) is 0.998. The van der Waals surface area contributed by atoms with E-state index in [1.54, 1.807) is 24.3 Å². The summed E-state index contributed by atoms with van der Waals surface area (Å²) in [7, 11) is 0. The van der Waals surface area contributed by atoms with Gasteiger partial charge in [-0.3, -0.25) is 4.79 Å². The molecule has 1 N–H and O–H groups in total. The molecule has 0 spiro atoms. The molecule has 0 fully saturated rings. The van der Waals surface area contributed by atoms with Gasteiger partial charge in [-0.15, -0.1) is 0 Å². The largest absolute Gasteiger partial charge is 0.351 e. The molecule has 1 amide bonds. The molecule has 19 heavy (non-hydrogen) atoms. The lowest BCUT2D eigenvalue weighted by Gasteiger charge is -2.22. The number of hydrogen-bond donors (Lipinski definition) is 1. The zero-order valence-corrected chi connectivity index (χ0v) is 11.2. The Balaban J connectivity index is 2.68. The number of benzene rings is 1. The molecule has 0 atom stereocenters. The molecule has 0 saturated heterocycles. The van der Waals surface area contributed by atoms with Crippen molar-refractivity contribution in [2.45, 2.75) is 33.2 Å². The SMILES string of the molecule is CCC(C#N)(CC)C(=O)NCc1ccc(C#N)cc1. The second-order valence-electron chi connectivity index (χ2n) is 4.39. The summed E-state index contributed by atoms with van der Waals surface area (Å²) in [6, 6.07) is 11.2. The highest BCUT2D eigenvalue weighted by Crippen LogP contribution is 2.25. The Labute approximate surface area is 113 Å². The molecule has 0 heterocycles. The van der Waals surface area contributed by atoms with E-state index in [0.717, 1.165) is 5.56 Å². The van der Waals surface area contributed by atoms with E-state index in [9.17, 15) is 4.79 Å². The zero-order chi connectivity index (χ0) is 14.3. The lowest BCUT2D eigenvalue weighted by atomic mass is 9.83. The molecule has 0 unspecified atom stereocenters. The third-order valence-corrected chi connectivity index (χ3v) is 3.39. The average Bonchev–Trinajstić information content (AvgIpc) is 2.48. The molecule has 1 aromatic carbocycles. The van der Waals surface area contributed by atoms with Crippen LogP contribution in [0.1, 0.15) is 37.8 Å². The first-order valence-electron chi connectivity index (χ1n) is 6.30. The molecule has 4 nitrogen and oxygen atoms in total. The molecule has 0 aliphatic heterocycles. The summed E-state index contributed by atoms with van der Waals surface area (Å²) in [6.45, 7) is 4.05. The third-order valence-electron chi connectivity index (χ3n) is 3.39. The van der Waals surface area contributed by atoms with Crippen molar-refractivity contribution >= 4 is 5.91 Å². The van der Waals surface area contributed by atoms with E-state index in [0.29, 0.717) is 24.9 Å². The molecular weight excluding hydrogens is 238 g/mol. The molecule has 98 valence electrons. The Morgan fingerprint density at radius 3 is 2.21 bits per heavy atom. The van der Waals surface area contributed by atoms with Crippen LogP contribution in [0.15, 0.2) is 24.3 Å². The highest BCUT2D eigenvalue weighted by Gasteiger charge is 2.34. The van der Waals surface area contributed by atoms with Gasteiger partial charge in [-0.2, -0.15) is 10.5 Å². The minimum Gasteiger partial charge on any atom is -0.351 e. The average molecular weight is 255 g/mol. The standard InChI is InChI=1S/C15H17N3O/c1-3-15(4-2,11-17)14(19)18-10-13-7-5-12(9-16)6-8-13/h5-8H,3-4,10H2,1-2H3,(H,18,19). The lowest BCUT2D eigenvalue weighted by Crippen LogP contribution is -2.38. The van der Waals surface area contributed by atoms with Gasteiger partial charge < -0.3 is 5.32 Å². The number of amides is 1. The topological polar surface area (TPSA) is 76.7 Å². The molecule has 0 aliphatic rings. The van der Waals surface area contributed by atoms with Gasteiger partial charge in [0.2, 0.25) is 5.91 Å². The van der Waals surface area contributed by atoms with Gasteiger partial charge in [0, 0.05) is 6.54 Å². The van der Waals surface area contributed by atoms with Crippen molar-refractivity contribution in [2.75, 3.05) is 0 Å². The monoisotopic (exact) mass is 255 g/mol. The second-order valence-corrected chi connectivity index (χ2v) is 4.39. The van der Waals surface area contributed by atoms with Gasteiger partial charge in [-0.25, -0.2) is 0 Å². The van der Waals surface area contributed by atoms with Crippen LogP contribution in [0.5, 0.6) is 0 Å². The molecule has 0 aliphatic carbocycles. The normalized spacial score (nSPS) is 10.3. The summed E-state index contributed by atoms with van der Waals surface area (Å²) >= 11 is 0. The fraction of sp³-hybridized carbons (Fsp3) is 0.400. The van der Waals surface area contributed by atoms with Crippen LogP contribution in [0, 0.1) is 28.1 Å². The maximum atomic E-state index is 12.1. The fourth-order valence-electron chi connectivity index (χ4n) is 1.83. The van der Waals surface area contributed by atoms with Crippen molar-refractivity contribution in [3.63, 3.8) is 0 Å². The van der Waals surface area contributed by atoms with Crippen LogP contribution in [0.2, 0.25) is 0 Å². The van der Waals surface area contributed by atoms with Crippen molar-refractivity contribution in [1.29, 1.82) is 10.5 Å². The van der Waals surface area contributed by atoms with Crippen LogP contribution in [0.3, 0.4) is 0 Å². The predicted molar refractivity (Wildman–Crippen MR) is 71.6 cm³/mol. The summed E-state index contributed by atoms with van der Waals surface area (Å²) in [5.41, 5.74) is 0.557. The quantitative estimate of drug-likeness (QED) is 0.878. The number of rotatable bonds is 5. The first-order valence-corrected chi connectivity index (χ1v) is 6.30. The van der Waals surface area contributed by atoms with E-state index in [1.807, 2.05) is 19.9 Å². The van der Waals surface area contributed by atoms with E-state index in [2.05, 4.69) is 11.4 Å². The number of nitrogens with one attached hydrogen (secondary N) is 1. The van der Waals surface area contributed by atoms with Crippen LogP contribution in [0.4, 0.5) is 0 Å². The van der Waals surface area contributed by atoms with E-state index < -0.39 is 5.41 Å². The van der Waals surface area contributed by atoms with Gasteiger partial charge in [-0.1, -0.05) is 26.0 Å². The fourth-order valence-corrected chi connectivity index (χ4v) is 1.83. The molecule has 1 aromatic rings. The van der Waals surface area contributed by atoms with E-state index in [1.165, 1.54) is 0 Å². The summed E-state index contributed by atoms with van der Waals surface area (Å²) < 4.78 is 0. The van der Waals surface area contributed by atoms with Crippen molar-refractivity contribution in [1.82, 2.24) is 5.32 Å². The number of carbonyl (C=O) groups excluding carboxylic acids is 1. The van der Waals surface area contributed by atoms with Crippen molar-refractivity contribution in [3.8, 4) is 12.1 Å². The molecule has 0 bridgehead atoms. The van der Waals surface area contributed by atoms with Crippen LogP contribution >= 0.6 is 0 Å². The van der Waals surface area contributed by atoms with E-state index >= 15 is 0 Å². The number of carbonyl (C=O) groups is 1. The Kier molecular flexibility index (Phi) is 5.09. The maximum Gasteiger partial charge on any atom is 0.240 e. The van der Waals surface area contributed by atoms with Crippen molar-refractivity contribution in [2.24, 2.45) is 5.41 Å². The summed E-state index contributed by atoms with van der Waals surface area (Å²) in [5.74, 6) is -0.232. The van der Waals surface area contributed by atoms with Crippen LogP contribution in [-0.4, -0.2) is 5.91 Å². The number of hydrogen-bond acceptors (Lipinski definition) is 3. The Hall–Kier alpha value is -2.33. The Morgan fingerprint density at radius 1 is 1.21 bits per heavy atom. The van der Waals surface area contributed by atoms with Gasteiger partial charge >= 0.3 is 0 Å². The van der Waals surface area contributed by atoms with E-state index in [-0.39, 0.29) is 5.91 Å². The highest BCUT2D eigenvalue weighted by molar-refractivity contribution is 5.85. The smallest absolute Gasteiger partial charge is 0.240 e. The molecule has 0 radical (unpaired) electrons. The Bertz CT molecular complexity index is 516.